The summed E-state index contributed by atoms with van der Waals surface area (Å²) in [5.41, 5.74) is 1.26. The minimum Gasteiger partial charge on any atom is -0.491 e. The Labute approximate surface area is 136 Å². The third-order valence-electron chi connectivity index (χ3n) is 2.95. The van der Waals surface area contributed by atoms with Crippen molar-refractivity contribution in [3.63, 3.8) is 0 Å². The summed E-state index contributed by atoms with van der Waals surface area (Å²) in [7, 11) is 0. The number of anilines is 1. The van der Waals surface area contributed by atoms with Gasteiger partial charge in [0.2, 0.25) is 0 Å². The first-order valence-corrected chi connectivity index (χ1v) is 7.50. The fourth-order valence-electron chi connectivity index (χ4n) is 1.98. The minimum absolute atomic E-state index is 0.0661. The molecule has 1 amide bonds. The van der Waals surface area contributed by atoms with Crippen molar-refractivity contribution in [1.29, 1.82) is 0 Å². The number of ether oxygens (including phenoxy) is 2. The van der Waals surface area contributed by atoms with E-state index in [-0.39, 0.29) is 12.0 Å². The highest BCUT2D eigenvalue weighted by Gasteiger charge is 2.08. The third-order valence-corrected chi connectivity index (χ3v) is 2.95. The van der Waals surface area contributed by atoms with Crippen LogP contribution in [-0.4, -0.2) is 18.6 Å². The van der Waals surface area contributed by atoms with Crippen molar-refractivity contribution < 1.29 is 14.3 Å². The average molecular weight is 311 g/mol. The van der Waals surface area contributed by atoms with Gasteiger partial charge in [0.15, 0.2) is 0 Å². The molecule has 0 aliphatic carbocycles. The molecule has 0 radical (unpaired) electrons. The zero-order valence-electron chi connectivity index (χ0n) is 13.4. The summed E-state index contributed by atoms with van der Waals surface area (Å²) < 4.78 is 11.0. The summed E-state index contributed by atoms with van der Waals surface area (Å²) >= 11 is 0. The highest BCUT2D eigenvalue weighted by Crippen LogP contribution is 2.19. The van der Waals surface area contributed by atoms with Crippen LogP contribution in [0, 0.1) is 0 Å². The van der Waals surface area contributed by atoms with Crippen LogP contribution < -0.4 is 14.8 Å². The zero-order chi connectivity index (χ0) is 16.7. The molecule has 1 N–H and O–H groups in total. The van der Waals surface area contributed by atoms with Gasteiger partial charge in [-0.1, -0.05) is 18.7 Å². The second-order valence-electron chi connectivity index (χ2n) is 5.27. The lowest BCUT2D eigenvalue weighted by Gasteiger charge is -2.11. The highest BCUT2D eigenvalue weighted by atomic mass is 16.5. The van der Waals surface area contributed by atoms with Crippen LogP contribution in [0.25, 0.3) is 0 Å². The molecular formula is C19H21NO3. The lowest BCUT2D eigenvalue weighted by Crippen LogP contribution is -2.12. The molecule has 2 aromatic rings. The van der Waals surface area contributed by atoms with Crippen LogP contribution in [0.4, 0.5) is 5.69 Å². The molecule has 0 aliphatic heterocycles. The van der Waals surface area contributed by atoms with Crippen LogP contribution in [0.5, 0.6) is 11.5 Å². The van der Waals surface area contributed by atoms with Crippen molar-refractivity contribution in [2.75, 3.05) is 11.9 Å². The van der Waals surface area contributed by atoms with E-state index >= 15 is 0 Å². The van der Waals surface area contributed by atoms with Gasteiger partial charge in [-0.3, -0.25) is 4.79 Å². The second-order valence-corrected chi connectivity index (χ2v) is 5.27. The summed E-state index contributed by atoms with van der Waals surface area (Å²) in [6, 6.07) is 14.3. The molecule has 0 unspecified atom stereocenters. The Balaban J connectivity index is 2.02. The molecule has 0 aromatic heterocycles. The first-order chi connectivity index (χ1) is 11.1. The molecule has 23 heavy (non-hydrogen) atoms. The van der Waals surface area contributed by atoms with E-state index < -0.39 is 0 Å². The topological polar surface area (TPSA) is 47.6 Å². The molecule has 0 spiro atoms. The van der Waals surface area contributed by atoms with Gasteiger partial charge in [-0.15, -0.1) is 0 Å². The number of rotatable bonds is 7. The van der Waals surface area contributed by atoms with Crippen molar-refractivity contribution in [1.82, 2.24) is 0 Å². The van der Waals surface area contributed by atoms with E-state index in [1.54, 1.807) is 48.5 Å². The Morgan fingerprint density at radius 2 is 1.91 bits per heavy atom. The van der Waals surface area contributed by atoms with Gasteiger partial charge in [0.1, 0.15) is 18.1 Å². The normalized spacial score (nSPS) is 10.2. The first-order valence-electron chi connectivity index (χ1n) is 7.50. The Morgan fingerprint density at radius 3 is 2.57 bits per heavy atom. The summed E-state index contributed by atoms with van der Waals surface area (Å²) in [6.45, 7) is 7.95. The zero-order valence-corrected chi connectivity index (χ0v) is 13.4. The molecule has 0 heterocycles. The van der Waals surface area contributed by atoms with Crippen LogP contribution in [-0.2, 0) is 0 Å². The largest absolute Gasteiger partial charge is 0.491 e. The van der Waals surface area contributed by atoms with Crippen molar-refractivity contribution in [2.45, 2.75) is 20.0 Å². The Bertz CT molecular complexity index is 663. The molecule has 0 aliphatic rings. The van der Waals surface area contributed by atoms with Crippen LogP contribution in [0.1, 0.15) is 24.2 Å². The van der Waals surface area contributed by atoms with E-state index in [9.17, 15) is 4.79 Å². The maximum Gasteiger partial charge on any atom is 0.255 e. The lowest BCUT2D eigenvalue weighted by molar-refractivity contribution is 0.102. The SMILES string of the molecule is C=CCOc1ccc(NC(=O)c2cccc(OC(C)C)c2)cc1. The molecule has 4 nitrogen and oxygen atoms in total. The van der Waals surface area contributed by atoms with Crippen LogP contribution >= 0.6 is 0 Å². The summed E-state index contributed by atoms with van der Waals surface area (Å²) in [5.74, 6) is 1.23. The molecule has 0 saturated heterocycles. The van der Waals surface area contributed by atoms with Gasteiger partial charge < -0.3 is 14.8 Å². The van der Waals surface area contributed by atoms with E-state index in [2.05, 4.69) is 11.9 Å². The highest BCUT2D eigenvalue weighted by molar-refractivity contribution is 6.04. The molecular weight excluding hydrogens is 290 g/mol. The second kappa shape index (κ2) is 8.03. The summed E-state index contributed by atoms with van der Waals surface area (Å²) in [4.78, 5) is 12.3. The van der Waals surface area contributed by atoms with Gasteiger partial charge in [-0.05, 0) is 56.3 Å². The Morgan fingerprint density at radius 1 is 1.17 bits per heavy atom. The molecule has 0 fully saturated rings. The Hall–Kier alpha value is -2.75. The van der Waals surface area contributed by atoms with Crippen LogP contribution in [0.15, 0.2) is 61.2 Å². The lowest BCUT2D eigenvalue weighted by atomic mass is 10.2. The first kappa shape index (κ1) is 16.6. The molecule has 120 valence electrons. The number of hydrogen-bond acceptors (Lipinski definition) is 3. The monoisotopic (exact) mass is 311 g/mol. The number of carbonyl (C=O) groups is 1. The standard InChI is InChI=1S/C19H21NO3/c1-4-12-22-17-10-8-16(9-11-17)20-19(21)15-6-5-7-18(13-15)23-14(2)3/h4-11,13-14H,1,12H2,2-3H3,(H,20,21). The smallest absolute Gasteiger partial charge is 0.255 e. The van der Waals surface area contributed by atoms with Crippen molar-refractivity contribution >= 4 is 11.6 Å². The van der Waals surface area contributed by atoms with Gasteiger partial charge in [0.05, 0.1) is 6.10 Å². The van der Waals surface area contributed by atoms with Gasteiger partial charge in [-0.25, -0.2) is 0 Å². The number of carbonyl (C=O) groups excluding carboxylic acids is 1. The van der Waals surface area contributed by atoms with Crippen LogP contribution in [0.2, 0.25) is 0 Å². The average Bonchev–Trinajstić information content (AvgIpc) is 2.54. The minimum atomic E-state index is -0.182. The third kappa shape index (κ3) is 5.18. The predicted octanol–water partition coefficient (Wildman–Crippen LogP) is 4.29. The molecule has 0 atom stereocenters. The quantitative estimate of drug-likeness (QED) is 0.776. The number of benzene rings is 2. The predicted molar refractivity (Wildman–Crippen MR) is 92.3 cm³/mol. The van der Waals surface area contributed by atoms with Gasteiger partial charge in [-0.2, -0.15) is 0 Å². The van der Waals surface area contributed by atoms with E-state index in [1.165, 1.54) is 0 Å². The molecule has 2 rings (SSSR count). The molecule has 4 heteroatoms. The van der Waals surface area contributed by atoms with Crippen molar-refractivity contribution in [3.8, 4) is 11.5 Å². The summed E-state index contributed by atoms with van der Waals surface area (Å²) in [5, 5.41) is 2.85. The van der Waals surface area contributed by atoms with Gasteiger partial charge >= 0.3 is 0 Å². The molecule has 0 bridgehead atoms. The summed E-state index contributed by atoms with van der Waals surface area (Å²) in [6.07, 6.45) is 1.75. The van der Waals surface area contributed by atoms with E-state index in [1.807, 2.05) is 19.9 Å². The maximum absolute atomic E-state index is 12.3. The number of nitrogens with one attached hydrogen (secondary N) is 1. The van der Waals surface area contributed by atoms with E-state index in [0.717, 1.165) is 5.75 Å². The molecule has 0 saturated carbocycles. The number of hydrogen-bond donors (Lipinski definition) is 1. The molecule has 2 aromatic carbocycles. The van der Waals surface area contributed by atoms with Gasteiger partial charge in [0, 0.05) is 11.3 Å². The number of amides is 1. The fourth-order valence-corrected chi connectivity index (χ4v) is 1.98. The van der Waals surface area contributed by atoms with Gasteiger partial charge in [0.25, 0.3) is 5.91 Å². The van der Waals surface area contributed by atoms with Crippen molar-refractivity contribution in [3.05, 3.63) is 66.7 Å². The van der Waals surface area contributed by atoms with E-state index in [4.69, 9.17) is 9.47 Å². The van der Waals surface area contributed by atoms with Crippen molar-refractivity contribution in [2.24, 2.45) is 0 Å². The Kier molecular flexibility index (Phi) is 5.80. The van der Waals surface area contributed by atoms with E-state index in [0.29, 0.717) is 23.6 Å². The maximum atomic E-state index is 12.3. The van der Waals surface area contributed by atoms with Crippen LogP contribution in [0.3, 0.4) is 0 Å². The fraction of sp³-hybridized carbons (Fsp3) is 0.211.